The van der Waals surface area contributed by atoms with Crippen LogP contribution in [-0.4, -0.2) is 30.3 Å². The van der Waals surface area contributed by atoms with Gasteiger partial charge in [0.1, 0.15) is 17.2 Å². The van der Waals surface area contributed by atoms with E-state index in [1.807, 2.05) is 18.2 Å². The number of ketones is 1. The number of hydrogen-bond donors (Lipinski definition) is 0. The summed E-state index contributed by atoms with van der Waals surface area (Å²) < 4.78 is 19.8. The van der Waals surface area contributed by atoms with Gasteiger partial charge in [0.15, 0.2) is 0 Å². The molecule has 1 aromatic heterocycles. The van der Waals surface area contributed by atoms with Gasteiger partial charge in [0, 0.05) is 35.9 Å². The Labute approximate surface area is 195 Å². The summed E-state index contributed by atoms with van der Waals surface area (Å²) in [5, 5.41) is 0.794. The van der Waals surface area contributed by atoms with Crippen LogP contribution in [0, 0.1) is 11.7 Å². The minimum atomic E-state index is -0.239. The molecular formula is C29H32FNO2. The first-order chi connectivity index (χ1) is 16.2. The van der Waals surface area contributed by atoms with Crippen LogP contribution >= 0.6 is 0 Å². The second-order valence-electron chi connectivity index (χ2n) is 9.60. The van der Waals surface area contributed by atoms with Gasteiger partial charge in [-0.05, 0) is 55.1 Å². The van der Waals surface area contributed by atoms with E-state index >= 15 is 0 Å². The fourth-order valence-electron chi connectivity index (χ4n) is 5.58. The van der Waals surface area contributed by atoms with Crippen molar-refractivity contribution in [2.75, 3.05) is 19.6 Å². The Morgan fingerprint density at radius 3 is 2.64 bits per heavy atom. The lowest BCUT2D eigenvalue weighted by Gasteiger charge is -2.24. The molecule has 1 aliphatic carbocycles. The predicted octanol–water partition coefficient (Wildman–Crippen LogP) is 6.98. The molecule has 1 aliphatic heterocycles. The van der Waals surface area contributed by atoms with Gasteiger partial charge in [-0.15, -0.1) is 0 Å². The summed E-state index contributed by atoms with van der Waals surface area (Å²) in [5.41, 5.74) is 3.82. The molecule has 2 heterocycles. The van der Waals surface area contributed by atoms with E-state index < -0.39 is 0 Å². The highest BCUT2D eigenvalue weighted by molar-refractivity contribution is 5.91. The molecule has 4 heteroatoms. The summed E-state index contributed by atoms with van der Waals surface area (Å²) in [6.07, 6.45) is 11.5. The van der Waals surface area contributed by atoms with Gasteiger partial charge in [-0.2, -0.15) is 0 Å². The van der Waals surface area contributed by atoms with Crippen molar-refractivity contribution < 1.29 is 13.6 Å². The van der Waals surface area contributed by atoms with Crippen LogP contribution in [0.4, 0.5) is 4.39 Å². The molecule has 0 saturated heterocycles. The zero-order valence-corrected chi connectivity index (χ0v) is 19.1. The number of hydrogen-bond acceptors (Lipinski definition) is 3. The van der Waals surface area contributed by atoms with Gasteiger partial charge in [0.25, 0.3) is 0 Å². The highest BCUT2D eigenvalue weighted by Crippen LogP contribution is 2.33. The second kappa shape index (κ2) is 10.0. The normalized spacial score (nSPS) is 18.9. The van der Waals surface area contributed by atoms with Crippen LogP contribution in [0.2, 0.25) is 0 Å². The lowest BCUT2D eigenvalue weighted by atomic mass is 9.82. The fourth-order valence-corrected chi connectivity index (χ4v) is 5.58. The number of carbonyl (C=O) groups excluding carboxylic acids is 1. The third kappa shape index (κ3) is 4.96. The topological polar surface area (TPSA) is 33.5 Å². The minimum absolute atomic E-state index is 0.0516. The summed E-state index contributed by atoms with van der Waals surface area (Å²) in [4.78, 5) is 16.0. The molecule has 33 heavy (non-hydrogen) atoms. The molecular weight excluding hydrogens is 413 g/mol. The summed E-state index contributed by atoms with van der Waals surface area (Å²) >= 11 is 0. The molecule has 0 spiro atoms. The van der Waals surface area contributed by atoms with E-state index in [-0.39, 0.29) is 17.7 Å². The van der Waals surface area contributed by atoms with Gasteiger partial charge in [-0.3, -0.25) is 9.69 Å². The number of nitrogens with zero attached hydrogens (tertiary/aromatic N) is 1. The maximum absolute atomic E-state index is 14.1. The van der Waals surface area contributed by atoms with Crippen molar-refractivity contribution in [3.63, 3.8) is 0 Å². The van der Waals surface area contributed by atoms with Crippen molar-refractivity contribution in [3.05, 3.63) is 77.8 Å². The molecule has 1 unspecified atom stereocenters. The average molecular weight is 446 g/mol. The molecule has 2 aromatic carbocycles. The molecule has 2 aliphatic rings. The van der Waals surface area contributed by atoms with Gasteiger partial charge in [-0.25, -0.2) is 4.39 Å². The Bertz CT molecular complexity index is 1120. The third-order valence-electron chi connectivity index (χ3n) is 7.39. The first-order valence-electron chi connectivity index (χ1n) is 12.4. The molecule has 1 atom stereocenters. The Hall–Kier alpha value is -2.72. The minimum Gasteiger partial charge on any atom is -0.464 e. The molecule has 172 valence electrons. The van der Waals surface area contributed by atoms with Crippen molar-refractivity contribution in [1.82, 2.24) is 4.90 Å². The molecule has 5 rings (SSSR count). The molecule has 3 nitrogen and oxygen atoms in total. The van der Waals surface area contributed by atoms with Crippen LogP contribution in [-0.2, 0) is 4.79 Å². The second-order valence-corrected chi connectivity index (χ2v) is 9.60. The Morgan fingerprint density at radius 1 is 1.06 bits per heavy atom. The van der Waals surface area contributed by atoms with E-state index in [0.717, 1.165) is 66.6 Å². The number of halogens is 1. The number of rotatable bonds is 7. The number of carbonyl (C=O) groups is 1. The predicted molar refractivity (Wildman–Crippen MR) is 131 cm³/mol. The van der Waals surface area contributed by atoms with E-state index in [2.05, 4.69) is 23.1 Å². The van der Waals surface area contributed by atoms with Crippen LogP contribution in [0.3, 0.4) is 0 Å². The number of Topliss-reactive ketones (excluding diaryl/α,β-unsaturated/α-hetero) is 1. The molecule has 0 amide bonds. The molecule has 0 radical (unpaired) electrons. The SMILES string of the molecule is O=C(C1CCCCCC1)C(CCN1CC=C(c2cc(F)cc3ccoc23)C1)c1ccccc1. The standard InChI is InChI=1S/C29H32FNO2/c30-25-18-23-14-17-33-29(23)27(19-25)24-12-15-31(20-24)16-13-26(21-8-6-3-7-9-21)28(32)22-10-4-1-2-5-11-22/h3,6-9,12,14,17-19,22,26H,1-2,4-5,10-11,13,15-16,20H2. The first-order valence-corrected chi connectivity index (χ1v) is 12.4. The summed E-state index contributed by atoms with van der Waals surface area (Å²) in [7, 11) is 0. The third-order valence-corrected chi connectivity index (χ3v) is 7.39. The number of fused-ring (bicyclic) bond motifs is 1. The molecule has 3 aromatic rings. The zero-order valence-electron chi connectivity index (χ0n) is 19.1. The average Bonchev–Trinajstić information content (AvgIpc) is 3.41. The van der Waals surface area contributed by atoms with Crippen LogP contribution in [0.15, 0.2) is 65.3 Å². The maximum Gasteiger partial charge on any atom is 0.143 e. The first kappa shape index (κ1) is 22.1. The lowest BCUT2D eigenvalue weighted by molar-refractivity contribution is -0.125. The monoisotopic (exact) mass is 445 g/mol. The lowest BCUT2D eigenvalue weighted by Crippen LogP contribution is -2.28. The molecule has 1 fully saturated rings. The molecule has 1 saturated carbocycles. The summed E-state index contributed by atoms with van der Waals surface area (Å²) in [6, 6.07) is 15.2. The maximum atomic E-state index is 14.1. The Kier molecular flexibility index (Phi) is 6.73. The van der Waals surface area contributed by atoms with E-state index in [0.29, 0.717) is 5.78 Å². The quantitative estimate of drug-likeness (QED) is 0.368. The van der Waals surface area contributed by atoms with Gasteiger partial charge >= 0.3 is 0 Å². The van der Waals surface area contributed by atoms with Crippen molar-refractivity contribution in [3.8, 4) is 0 Å². The Morgan fingerprint density at radius 2 is 1.85 bits per heavy atom. The highest BCUT2D eigenvalue weighted by atomic mass is 19.1. The van der Waals surface area contributed by atoms with Crippen molar-refractivity contribution in [2.24, 2.45) is 5.92 Å². The van der Waals surface area contributed by atoms with E-state index in [1.165, 1.54) is 31.7 Å². The van der Waals surface area contributed by atoms with E-state index in [4.69, 9.17) is 4.42 Å². The van der Waals surface area contributed by atoms with Gasteiger partial charge in [0.05, 0.1) is 6.26 Å². The van der Waals surface area contributed by atoms with E-state index in [9.17, 15) is 9.18 Å². The number of furan rings is 1. The fraction of sp³-hybridized carbons (Fsp3) is 0.414. The van der Waals surface area contributed by atoms with Crippen LogP contribution in [0.25, 0.3) is 16.5 Å². The highest BCUT2D eigenvalue weighted by Gasteiger charge is 2.29. The van der Waals surface area contributed by atoms with Crippen molar-refractivity contribution in [1.29, 1.82) is 0 Å². The van der Waals surface area contributed by atoms with Gasteiger partial charge < -0.3 is 4.42 Å². The van der Waals surface area contributed by atoms with Gasteiger partial charge in [0.2, 0.25) is 0 Å². The summed E-state index contributed by atoms with van der Waals surface area (Å²) in [6.45, 7) is 2.40. The zero-order chi connectivity index (χ0) is 22.6. The van der Waals surface area contributed by atoms with Crippen molar-refractivity contribution >= 4 is 22.3 Å². The number of benzene rings is 2. The molecule has 0 bridgehead atoms. The van der Waals surface area contributed by atoms with Crippen molar-refractivity contribution in [2.45, 2.75) is 50.9 Å². The largest absolute Gasteiger partial charge is 0.464 e. The summed E-state index contributed by atoms with van der Waals surface area (Å²) in [5.74, 6) is 0.336. The van der Waals surface area contributed by atoms with E-state index in [1.54, 1.807) is 18.4 Å². The Balaban J connectivity index is 1.28. The molecule has 0 N–H and O–H groups in total. The van der Waals surface area contributed by atoms with Crippen LogP contribution in [0.5, 0.6) is 0 Å². The smallest absolute Gasteiger partial charge is 0.143 e. The van der Waals surface area contributed by atoms with Crippen LogP contribution < -0.4 is 0 Å². The van der Waals surface area contributed by atoms with Gasteiger partial charge in [-0.1, -0.05) is 62.1 Å². The van der Waals surface area contributed by atoms with Crippen LogP contribution in [0.1, 0.15) is 62.0 Å².